The first-order chi connectivity index (χ1) is 15.0. The number of carboxylic acids is 1. The number of aliphatic carboxylic acids is 1. The summed E-state index contributed by atoms with van der Waals surface area (Å²) >= 11 is 0. The number of hydrogen-bond acceptors (Lipinski definition) is 4. The predicted molar refractivity (Wildman–Crippen MR) is 112 cm³/mol. The first-order valence-electron chi connectivity index (χ1n) is 9.61. The Morgan fingerprint density at radius 2 is 1.72 bits per heavy atom. The number of rotatable bonds is 5. The third-order valence-corrected chi connectivity index (χ3v) is 4.85. The highest BCUT2D eigenvalue weighted by molar-refractivity contribution is 6.04. The van der Waals surface area contributed by atoms with E-state index in [0.29, 0.717) is 16.8 Å². The van der Waals surface area contributed by atoms with E-state index in [1.165, 1.54) is 0 Å². The molecule has 1 amide bonds. The molecule has 0 spiro atoms. The highest BCUT2D eigenvalue weighted by Gasteiger charge is 2.25. The van der Waals surface area contributed by atoms with Crippen LogP contribution in [0.15, 0.2) is 42.5 Å². The first kappa shape index (κ1) is 24.6. The number of amides is 1. The molecule has 0 radical (unpaired) electrons. The molecule has 10 heteroatoms. The minimum atomic E-state index is -4.64. The van der Waals surface area contributed by atoms with Crippen molar-refractivity contribution in [3.05, 3.63) is 64.7 Å². The van der Waals surface area contributed by atoms with Gasteiger partial charge in [-0.25, -0.2) is 0 Å². The van der Waals surface area contributed by atoms with Crippen molar-refractivity contribution >= 4 is 29.7 Å². The fourth-order valence-corrected chi connectivity index (χ4v) is 3.33. The minimum absolute atomic E-state index is 0.0150. The summed E-state index contributed by atoms with van der Waals surface area (Å²) in [7, 11) is 0. The number of carboxylic acid groups (broad SMARTS) is 1. The van der Waals surface area contributed by atoms with Gasteiger partial charge in [0.1, 0.15) is 5.84 Å². The number of fused-ring (bicyclic) bond motifs is 1. The van der Waals surface area contributed by atoms with Gasteiger partial charge in [-0.3, -0.25) is 19.8 Å². The second-order valence-electron chi connectivity index (χ2n) is 7.29. The number of hydrogen-bond donors (Lipinski definition) is 4. The van der Waals surface area contributed by atoms with E-state index in [1.807, 2.05) is 12.1 Å². The molecule has 0 aliphatic heterocycles. The molecule has 32 heavy (non-hydrogen) atoms. The molecular formula is C22H22F3N3O4. The van der Waals surface area contributed by atoms with Crippen LogP contribution < -0.4 is 11.1 Å². The highest BCUT2D eigenvalue weighted by Crippen LogP contribution is 2.28. The summed E-state index contributed by atoms with van der Waals surface area (Å²) in [5, 5.41) is 19.2. The maximum atomic E-state index is 12.5. The number of nitrogen functional groups attached to an aromatic ring is 1. The zero-order valence-electron chi connectivity index (χ0n) is 16.9. The van der Waals surface area contributed by atoms with Gasteiger partial charge in [-0.2, -0.15) is 13.2 Å². The normalized spacial score (nSPS) is 14.9. The molecule has 0 heterocycles. The van der Waals surface area contributed by atoms with Gasteiger partial charge in [0.05, 0.1) is 0 Å². The number of anilines is 1. The van der Waals surface area contributed by atoms with Gasteiger partial charge in [0, 0.05) is 23.2 Å². The standard InChI is InChI=1S/C20H21N3O3.C2HF3O/c21-19(22)13-5-7-17(8-6-13)23-20(26)16-4-3-14-9-12(10-18(24)25)1-2-15(14)11-16;3-2(4,5)1-6/h3-8,11-12H,1-2,9-10H2,(H3,21,22)(H,23,26)(H,24,25);1H. The van der Waals surface area contributed by atoms with E-state index >= 15 is 0 Å². The molecule has 2 aromatic rings. The van der Waals surface area contributed by atoms with Gasteiger partial charge in [0.15, 0.2) is 0 Å². The lowest BCUT2D eigenvalue weighted by molar-refractivity contribution is -0.156. The van der Waals surface area contributed by atoms with Crippen molar-refractivity contribution in [2.45, 2.75) is 31.9 Å². The largest absolute Gasteiger partial charge is 0.481 e. The monoisotopic (exact) mass is 449 g/mol. The Hall–Kier alpha value is -3.69. The molecular weight excluding hydrogens is 427 g/mol. The quantitative estimate of drug-likeness (QED) is 0.315. The fraction of sp³-hybridized carbons (Fsp3) is 0.273. The number of carbonyl (C=O) groups is 3. The van der Waals surface area contributed by atoms with Crippen LogP contribution in [0.4, 0.5) is 18.9 Å². The molecule has 1 aliphatic carbocycles. The Balaban J connectivity index is 0.000000534. The van der Waals surface area contributed by atoms with Gasteiger partial charge in [-0.15, -0.1) is 0 Å². The number of alkyl halides is 3. The number of benzene rings is 2. The van der Waals surface area contributed by atoms with E-state index in [2.05, 4.69) is 5.32 Å². The molecule has 5 N–H and O–H groups in total. The average Bonchev–Trinajstić information content (AvgIpc) is 2.73. The van der Waals surface area contributed by atoms with Gasteiger partial charge in [0.2, 0.25) is 6.29 Å². The highest BCUT2D eigenvalue weighted by atomic mass is 19.4. The smallest absolute Gasteiger partial charge is 0.446 e. The second kappa shape index (κ2) is 10.6. The molecule has 170 valence electrons. The Morgan fingerprint density at radius 3 is 2.25 bits per heavy atom. The summed E-state index contributed by atoms with van der Waals surface area (Å²) in [6.07, 6.45) is -3.14. The lowest BCUT2D eigenvalue weighted by Gasteiger charge is -2.23. The van der Waals surface area contributed by atoms with Crippen LogP contribution in [0.5, 0.6) is 0 Å². The van der Waals surface area contributed by atoms with E-state index in [1.54, 1.807) is 30.3 Å². The topological polar surface area (TPSA) is 133 Å². The van der Waals surface area contributed by atoms with Crippen LogP contribution in [0.2, 0.25) is 0 Å². The molecule has 7 nitrogen and oxygen atoms in total. The molecule has 1 atom stereocenters. The van der Waals surface area contributed by atoms with E-state index in [9.17, 15) is 22.8 Å². The van der Waals surface area contributed by atoms with Crippen molar-refractivity contribution in [3.8, 4) is 0 Å². The zero-order valence-corrected chi connectivity index (χ0v) is 16.9. The van der Waals surface area contributed by atoms with E-state index in [0.717, 1.165) is 30.4 Å². The van der Waals surface area contributed by atoms with Gasteiger partial charge in [0.25, 0.3) is 5.91 Å². The zero-order chi connectivity index (χ0) is 23.9. The first-order valence-corrected chi connectivity index (χ1v) is 9.61. The molecule has 0 bridgehead atoms. The van der Waals surface area contributed by atoms with Crippen LogP contribution in [0.25, 0.3) is 0 Å². The third-order valence-electron chi connectivity index (χ3n) is 4.85. The summed E-state index contributed by atoms with van der Waals surface area (Å²) < 4.78 is 31.2. The predicted octanol–water partition coefficient (Wildman–Crippen LogP) is 3.55. The van der Waals surface area contributed by atoms with Gasteiger partial charge < -0.3 is 16.2 Å². The molecule has 2 aromatic carbocycles. The van der Waals surface area contributed by atoms with Crippen molar-refractivity contribution in [1.29, 1.82) is 5.41 Å². The van der Waals surface area contributed by atoms with Gasteiger partial charge in [-0.1, -0.05) is 6.07 Å². The molecule has 3 rings (SSSR count). The van der Waals surface area contributed by atoms with Gasteiger partial charge >= 0.3 is 12.1 Å². The molecule has 1 aliphatic rings. The number of amidine groups is 1. The summed E-state index contributed by atoms with van der Waals surface area (Å²) in [6.45, 7) is 0. The van der Waals surface area contributed by atoms with Crippen LogP contribution >= 0.6 is 0 Å². The second-order valence-corrected chi connectivity index (χ2v) is 7.29. The Bertz CT molecular complexity index is 1000. The molecule has 0 aromatic heterocycles. The number of nitrogens with two attached hydrogens (primary N) is 1. The summed E-state index contributed by atoms with van der Waals surface area (Å²) in [5.41, 5.74) is 9.49. The summed E-state index contributed by atoms with van der Waals surface area (Å²) in [6, 6.07) is 12.4. The maximum absolute atomic E-state index is 12.5. The van der Waals surface area contributed by atoms with E-state index in [-0.39, 0.29) is 24.1 Å². The third kappa shape index (κ3) is 7.53. The lowest BCUT2D eigenvalue weighted by atomic mass is 9.81. The van der Waals surface area contributed by atoms with Crippen LogP contribution in [-0.4, -0.2) is 35.3 Å². The Morgan fingerprint density at radius 1 is 1.12 bits per heavy atom. The fourth-order valence-electron chi connectivity index (χ4n) is 3.33. The summed E-state index contributed by atoms with van der Waals surface area (Å²) in [5.74, 6) is -0.806. The van der Waals surface area contributed by atoms with Crippen LogP contribution in [0, 0.1) is 11.3 Å². The van der Waals surface area contributed by atoms with Crippen molar-refractivity contribution in [3.63, 3.8) is 0 Å². The maximum Gasteiger partial charge on any atom is 0.446 e. The Kier molecular flexibility index (Phi) is 8.11. The van der Waals surface area contributed by atoms with Crippen molar-refractivity contribution in [1.82, 2.24) is 0 Å². The lowest BCUT2D eigenvalue weighted by Crippen LogP contribution is -2.19. The van der Waals surface area contributed by atoms with Crippen LogP contribution in [0.1, 0.15) is 39.9 Å². The number of carbonyl (C=O) groups excluding carboxylic acids is 2. The van der Waals surface area contributed by atoms with E-state index in [4.69, 9.17) is 21.0 Å². The van der Waals surface area contributed by atoms with Crippen molar-refractivity contribution in [2.24, 2.45) is 11.7 Å². The van der Waals surface area contributed by atoms with Gasteiger partial charge in [-0.05, 0) is 72.7 Å². The van der Waals surface area contributed by atoms with E-state index < -0.39 is 18.4 Å². The molecule has 0 fully saturated rings. The number of aldehydes is 1. The summed E-state index contributed by atoms with van der Waals surface area (Å²) in [4.78, 5) is 32.1. The molecule has 0 saturated carbocycles. The Labute approximate surface area is 181 Å². The molecule has 0 saturated heterocycles. The SMILES string of the molecule is N=C(N)c1ccc(NC(=O)c2ccc3c(c2)CCC(CC(=O)O)C3)cc1.O=CC(F)(F)F. The molecule has 1 unspecified atom stereocenters. The van der Waals surface area contributed by atoms with Crippen LogP contribution in [0.3, 0.4) is 0 Å². The minimum Gasteiger partial charge on any atom is -0.481 e. The van der Waals surface area contributed by atoms with Crippen LogP contribution in [-0.2, 0) is 22.4 Å². The van der Waals surface area contributed by atoms with Crippen molar-refractivity contribution < 1.29 is 32.7 Å². The number of aryl methyl sites for hydroxylation is 1. The number of nitrogens with one attached hydrogen (secondary N) is 2. The average molecular weight is 449 g/mol. The van der Waals surface area contributed by atoms with Crippen molar-refractivity contribution in [2.75, 3.05) is 5.32 Å². The number of halogens is 3.